The van der Waals surface area contributed by atoms with Gasteiger partial charge in [0, 0.05) is 17.8 Å². The number of primary amides is 1. The van der Waals surface area contributed by atoms with E-state index in [1.807, 2.05) is 22.9 Å². The minimum absolute atomic E-state index is 0. The van der Waals surface area contributed by atoms with Crippen molar-refractivity contribution in [1.82, 2.24) is 14.9 Å². The molecule has 3 N–H and O–H groups in total. The fraction of sp³-hybridized carbons (Fsp3) is 0.389. The van der Waals surface area contributed by atoms with Crippen LogP contribution in [-0.4, -0.2) is 48.2 Å². The Hall–Kier alpha value is -2.29. The van der Waals surface area contributed by atoms with E-state index in [-0.39, 0.29) is 43.3 Å². The number of amides is 1. The fourth-order valence-electron chi connectivity index (χ4n) is 3.00. The van der Waals surface area contributed by atoms with Gasteiger partial charge in [-0.15, -0.1) is 24.8 Å². The van der Waals surface area contributed by atoms with Gasteiger partial charge in [-0.05, 0) is 50.2 Å². The van der Waals surface area contributed by atoms with Crippen molar-refractivity contribution in [3.05, 3.63) is 36.3 Å². The third-order valence-electron chi connectivity index (χ3n) is 4.39. The number of rotatable bonds is 6. The van der Waals surface area contributed by atoms with Crippen molar-refractivity contribution in [1.29, 1.82) is 0 Å². The summed E-state index contributed by atoms with van der Waals surface area (Å²) in [5, 5.41) is 3.31. The first-order valence-electron chi connectivity index (χ1n) is 8.48. The summed E-state index contributed by atoms with van der Waals surface area (Å²) in [6, 6.07) is 7.35. The number of carbonyl (C=O) groups excluding carboxylic acids is 2. The predicted octanol–water partition coefficient (Wildman–Crippen LogP) is 1.97. The lowest BCUT2D eigenvalue weighted by atomic mass is 10.1. The standard InChI is InChI=1S/C18H22N4O4.2ClH/c1-25-16(23)11-26-14-4-2-12(3-5-14)15-10-22(18(21-15)17(19)24)13-6-8-20-9-7-13;;/h2-5,10,13,20H,6-9,11H2,1H3,(H2,19,24);2*1H. The zero-order valence-corrected chi connectivity index (χ0v) is 17.1. The fourth-order valence-corrected chi connectivity index (χ4v) is 3.00. The molecule has 2 heterocycles. The van der Waals surface area contributed by atoms with E-state index in [2.05, 4.69) is 15.0 Å². The van der Waals surface area contributed by atoms with Crippen molar-refractivity contribution < 1.29 is 19.1 Å². The molecule has 1 aliphatic heterocycles. The second-order valence-electron chi connectivity index (χ2n) is 6.09. The SMILES string of the molecule is COC(=O)COc1ccc(-c2cn(C3CCNCC3)c(C(N)=O)n2)cc1.Cl.Cl. The zero-order valence-electron chi connectivity index (χ0n) is 15.4. The average Bonchev–Trinajstić information content (AvgIpc) is 3.13. The molecule has 3 rings (SSSR count). The topological polar surface area (TPSA) is 108 Å². The van der Waals surface area contributed by atoms with E-state index in [1.54, 1.807) is 12.1 Å². The van der Waals surface area contributed by atoms with E-state index in [1.165, 1.54) is 7.11 Å². The normalized spacial score (nSPS) is 13.8. The van der Waals surface area contributed by atoms with Crippen LogP contribution < -0.4 is 15.8 Å². The van der Waals surface area contributed by atoms with E-state index in [4.69, 9.17) is 10.5 Å². The number of aromatic nitrogens is 2. The number of nitrogens with two attached hydrogens (primary N) is 1. The van der Waals surface area contributed by atoms with E-state index in [0.717, 1.165) is 31.5 Å². The van der Waals surface area contributed by atoms with Crippen LogP contribution in [0.2, 0.25) is 0 Å². The summed E-state index contributed by atoms with van der Waals surface area (Å²) in [4.78, 5) is 27.3. The lowest BCUT2D eigenvalue weighted by Gasteiger charge is -2.24. The number of carbonyl (C=O) groups is 2. The van der Waals surface area contributed by atoms with Gasteiger partial charge in [0.25, 0.3) is 5.91 Å². The van der Waals surface area contributed by atoms with Crippen LogP contribution in [0.15, 0.2) is 30.5 Å². The molecule has 0 spiro atoms. The molecular formula is C18H24Cl2N4O4. The molecule has 1 fully saturated rings. The molecule has 10 heteroatoms. The summed E-state index contributed by atoms with van der Waals surface area (Å²) in [5.41, 5.74) is 7.03. The van der Waals surface area contributed by atoms with Crippen LogP contribution in [0, 0.1) is 0 Å². The number of hydrogen-bond acceptors (Lipinski definition) is 6. The summed E-state index contributed by atoms with van der Waals surface area (Å²) in [6.07, 6.45) is 3.73. The number of ether oxygens (including phenoxy) is 2. The molecule has 1 aromatic heterocycles. The lowest BCUT2D eigenvalue weighted by molar-refractivity contribution is -0.142. The number of methoxy groups -OCH3 is 1. The Bertz CT molecular complexity index is 789. The molecule has 0 unspecified atom stereocenters. The van der Waals surface area contributed by atoms with Crippen molar-refractivity contribution in [2.75, 3.05) is 26.8 Å². The number of piperidine rings is 1. The van der Waals surface area contributed by atoms with Gasteiger partial charge in [0.2, 0.25) is 0 Å². The second-order valence-corrected chi connectivity index (χ2v) is 6.09. The third-order valence-corrected chi connectivity index (χ3v) is 4.39. The Kier molecular flexibility index (Phi) is 9.24. The Morgan fingerprint density at radius 1 is 1.21 bits per heavy atom. The molecule has 1 aromatic carbocycles. The quantitative estimate of drug-likeness (QED) is 0.677. The van der Waals surface area contributed by atoms with Gasteiger partial charge in [-0.2, -0.15) is 0 Å². The molecule has 1 amide bonds. The molecule has 154 valence electrons. The molecular weight excluding hydrogens is 407 g/mol. The number of halogens is 2. The number of nitrogens with one attached hydrogen (secondary N) is 1. The van der Waals surface area contributed by atoms with Crippen molar-refractivity contribution in [2.45, 2.75) is 18.9 Å². The summed E-state index contributed by atoms with van der Waals surface area (Å²) >= 11 is 0. The first kappa shape index (κ1) is 23.7. The molecule has 0 aliphatic carbocycles. The Labute approximate surface area is 175 Å². The highest BCUT2D eigenvalue weighted by Crippen LogP contribution is 2.26. The second kappa shape index (κ2) is 10.9. The Balaban J connectivity index is 0.00000196. The molecule has 2 aromatic rings. The van der Waals surface area contributed by atoms with Crippen LogP contribution in [0.5, 0.6) is 5.75 Å². The first-order chi connectivity index (χ1) is 12.6. The average molecular weight is 431 g/mol. The van der Waals surface area contributed by atoms with Crippen LogP contribution >= 0.6 is 24.8 Å². The highest BCUT2D eigenvalue weighted by molar-refractivity contribution is 5.90. The van der Waals surface area contributed by atoms with E-state index >= 15 is 0 Å². The van der Waals surface area contributed by atoms with Gasteiger partial charge in [0.15, 0.2) is 12.4 Å². The van der Waals surface area contributed by atoms with E-state index in [9.17, 15) is 9.59 Å². The van der Waals surface area contributed by atoms with Crippen LogP contribution in [0.4, 0.5) is 0 Å². The third kappa shape index (κ3) is 5.60. The molecule has 0 radical (unpaired) electrons. The van der Waals surface area contributed by atoms with Gasteiger partial charge in [-0.3, -0.25) is 4.79 Å². The van der Waals surface area contributed by atoms with Crippen LogP contribution in [0.1, 0.15) is 29.5 Å². The highest BCUT2D eigenvalue weighted by atomic mass is 35.5. The van der Waals surface area contributed by atoms with Crippen LogP contribution in [-0.2, 0) is 9.53 Å². The first-order valence-corrected chi connectivity index (χ1v) is 8.48. The number of esters is 1. The number of imidazole rings is 1. The maximum Gasteiger partial charge on any atom is 0.343 e. The largest absolute Gasteiger partial charge is 0.482 e. The number of nitrogens with zero attached hydrogens (tertiary/aromatic N) is 2. The smallest absolute Gasteiger partial charge is 0.343 e. The molecule has 0 atom stereocenters. The Morgan fingerprint density at radius 3 is 2.43 bits per heavy atom. The molecule has 0 saturated carbocycles. The van der Waals surface area contributed by atoms with Gasteiger partial charge in [-0.1, -0.05) is 0 Å². The molecule has 1 saturated heterocycles. The minimum Gasteiger partial charge on any atom is -0.482 e. The number of benzene rings is 1. The summed E-state index contributed by atoms with van der Waals surface area (Å²) < 4.78 is 11.8. The maximum atomic E-state index is 11.8. The molecule has 0 bridgehead atoms. The summed E-state index contributed by atoms with van der Waals surface area (Å²) in [7, 11) is 1.31. The van der Waals surface area contributed by atoms with Gasteiger partial charge in [0.1, 0.15) is 5.75 Å². The van der Waals surface area contributed by atoms with E-state index < -0.39 is 11.9 Å². The Morgan fingerprint density at radius 2 is 1.86 bits per heavy atom. The van der Waals surface area contributed by atoms with Crippen molar-refractivity contribution in [2.24, 2.45) is 5.73 Å². The van der Waals surface area contributed by atoms with Crippen molar-refractivity contribution in [3.8, 4) is 17.0 Å². The molecule has 8 nitrogen and oxygen atoms in total. The predicted molar refractivity (Wildman–Crippen MR) is 109 cm³/mol. The summed E-state index contributed by atoms with van der Waals surface area (Å²) in [5.74, 6) is -0.154. The monoisotopic (exact) mass is 430 g/mol. The van der Waals surface area contributed by atoms with E-state index in [0.29, 0.717) is 11.4 Å². The van der Waals surface area contributed by atoms with Crippen LogP contribution in [0.3, 0.4) is 0 Å². The highest BCUT2D eigenvalue weighted by Gasteiger charge is 2.22. The van der Waals surface area contributed by atoms with Gasteiger partial charge < -0.3 is 25.1 Å². The van der Waals surface area contributed by atoms with Crippen molar-refractivity contribution in [3.63, 3.8) is 0 Å². The minimum atomic E-state index is -0.534. The van der Waals surface area contributed by atoms with Gasteiger partial charge in [0.05, 0.1) is 12.8 Å². The number of hydrogen-bond donors (Lipinski definition) is 2. The van der Waals surface area contributed by atoms with Crippen molar-refractivity contribution >= 4 is 36.7 Å². The van der Waals surface area contributed by atoms with Gasteiger partial charge in [-0.25, -0.2) is 9.78 Å². The maximum absolute atomic E-state index is 11.8. The lowest BCUT2D eigenvalue weighted by Crippen LogP contribution is -2.31. The van der Waals surface area contributed by atoms with Gasteiger partial charge >= 0.3 is 5.97 Å². The summed E-state index contributed by atoms with van der Waals surface area (Å²) in [6.45, 7) is 1.66. The van der Waals surface area contributed by atoms with Crippen LogP contribution in [0.25, 0.3) is 11.3 Å². The molecule has 1 aliphatic rings. The zero-order chi connectivity index (χ0) is 18.5. The molecule has 28 heavy (non-hydrogen) atoms.